The third-order valence-electron chi connectivity index (χ3n) is 2.70. The van der Waals surface area contributed by atoms with E-state index in [4.69, 9.17) is 10.8 Å². The molecule has 2 rings (SSSR count). The number of nitrogens with zero attached hydrogens (tertiary/aromatic N) is 2. The third kappa shape index (κ3) is 4.50. The predicted molar refractivity (Wildman–Crippen MR) is 85.3 cm³/mol. The van der Waals surface area contributed by atoms with Crippen LogP contribution in [0.3, 0.4) is 0 Å². The summed E-state index contributed by atoms with van der Waals surface area (Å²) >= 11 is 0. The lowest BCUT2D eigenvalue weighted by Crippen LogP contribution is -1.92. The SMILES string of the molecule is [N]=C1C=CC(=C/C=C/C=C/C=C2C=CC(=[N])C=C2)C=C1. The normalized spacial score (nSPS) is 17.8. The molecule has 0 amide bonds. The Morgan fingerprint density at radius 1 is 0.500 bits per heavy atom. The van der Waals surface area contributed by atoms with Gasteiger partial charge < -0.3 is 0 Å². The van der Waals surface area contributed by atoms with Crippen molar-refractivity contribution in [1.82, 2.24) is 10.8 Å². The van der Waals surface area contributed by atoms with Crippen molar-refractivity contribution >= 4 is 11.4 Å². The maximum absolute atomic E-state index is 9.16. The lowest BCUT2D eigenvalue weighted by molar-refractivity contribution is 1.63. The van der Waals surface area contributed by atoms with E-state index in [1.165, 1.54) is 0 Å². The summed E-state index contributed by atoms with van der Waals surface area (Å²) in [5.74, 6) is 0. The van der Waals surface area contributed by atoms with Crippen LogP contribution >= 0.6 is 0 Å². The van der Waals surface area contributed by atoms with Gasteiger partial charge in [0.2, 0.25) is 0 Å². The molecule has 0 atom stereocenters. The first-order valence-corrected chi connectivity index (χ1v) is 6.33. The Labute approximate surface area is 119 Å². The van der Waals surface area contributed by atoms with Crippen LogP contribution in [0, 0.1) is 0 Å². The fraction of sp³-hybridized carbons (Fsp3) is 0. The van der Waals surface area contributed by atoms with E-state index in [1.807, 2.05) is 60.8 Å². The van der Waals surface area contributed by atoms with E-state index in [-0.39, 0.29) is 11.4 Å². The monoisotopic (exact) mass is 258 g/mol. The molecule has 0 aromatic heterocycles. The average Bonchev–Trinajstić information content (AvgIpc) is 2.46. The Morgan fingerprint density at radius 2 is 0.850 bits per heavy atom. The summed E-state index contributed by atoms with van der Waals surface area (Å²) in [6.45, 7) is 0. The molecule has 0 saturated carbocycles. The fourth-order valence-corrected chi connectivity index (χ4v) is 1.63. The van der Waals surface area contributed by atoms with Crippen molar-refractivity contribution in [2.24, 2.45) is 0 Å². The van der Waals surface area contributed by atoms with Gasteiger partial charge in [-0.3, -0.25) is 0 Å². The molecular weight excluding hydrogens is 244 g/mol. The lowest BCUT2D eigenvalue weighted by atomic mass is 10.1. The van der Waals surface area contributed by atoms with E-state index in [0.717, 1.165) is 11.1 Å². The van der Waals surface area contributed by atoms with Gasteiger partial charge in [0.05, 0.1) is 11.4 Å². The molecule has 0 aliphatic heterocycles. The maximum Gasteiger partial charge on any atom is 0.0857 e. The molecule has 2 radical (unpaired) electrons. The van der Waals surface area contributed by atoms with Gasteiger partial charge in [0.25, 0.3) is 0 Å². The van der Waals surface area contributed by atoms with Crippen molar-refractivity contribution in [3.8, 4) is 0 Å². The van der Waals surface area contributed by atoms with E-state index < -0.39 is 0 Å². The van der Waals surface area contributed by atoms with Crippen molar-refractivity contribution in [3.05, 3.63) is 96.2 Å². The molecule has 0 heterocycles. The largest absolute Gasteiger partial charge is 0.151 e. The Kier molecular flexibility index (Phi) is 4.79. The van der Waals surface area contributed by atoms with Crippen molar-refractivity contribution in [2.45, 2.75) is 0 Å². The van der Waals surface area contributed by atoms with Crippen LogP contribution in [-0.4, -0.2) is 11.4 Å². The van der Waals surface area contributed by atoms with Gasteiger partial charge in [0.1, 0.15) is 0 Å². The van der Waals surface area contributed by atoms with Crippen molar-refractivity contribution < 1.29 is 0 Å². The van der Waals surface area contributed by atoms with Crippen LogP contribution < -0.4 is 10.8 Å². The summed E-state index contributed by atoms with van der Waals surface area (Å²) < 4.78 is 0. The highest BCUT2D eigenvalue weighted by Crippen LogP contribution is 2.06. The van der Waals surface area contributed by atoms with Crippen LogP contribution in [0.1, 0.15) is 0 Å². The number of rotatable bonds is 3. The molecule has 0 bridgehead atoms. The van der Waals surface area contributed by atoms with E-state index in [9.17, 15) is 0 Å². The zero-order valence-corrected chi connectivity index (χ0v) is 11.0. The van der Waals surface area contributed by atoms with Gasteiger partial charge in [-0.2, -0.15) is 10.8 Å². The lowest BCUT2D eigenvalue weighted by Gasteiger charge is -1.97. The maximum atomic E-state index is 9.16. The molecule has 0 aromatic rings. The molecule has 2 heteroatoms. The number of allylic oxidation sites excluding steroid dienone is 16. The summed E-state index contributed by atoms with van der Waals surface area (Å²) in [5.41, 5.74) is 2.62. The van der Waals surface area contributed by atoms with Crippen LogP contribution in [0.4, 0.5) is 0 Å². The standard InChI is InChI=1S/C18H14N2/c19-17-11-7-15(8-12-17)5-3-1-2-4-6-16-9-13-18(20)14-10-16/h1-14H/b3-1+,4-2+. The first kappa shape index (κ1) is 13.7. The second-order valence-electron chi connectivity index (χ2n) is 4.29. The molecule has 20 heavy (non-hydrogen) atoms. The third-order valence-corrected chi connectivity index (χ3v) is 2.70. The number of hydrogen-bond donors (Lipinski definition) is 0. The van der Waals surface area contributed by atoms with Crippen LogP contribution in [-0.2, 0) is 0 Å². The van der Waals surface area contributed by atoms with E-state index in [2.05, 4.69) is 0 Å². The minimum Gasteiger partial charge on any atom is -0.151 e. The molecule has 2 nitrogen and oxygen atoms in total. The predicted octanol–water partition coefficient (Wildman–Crippen LogP) is 2.69. The van der Waals surface area contributed by atoms with Crippen LogP contribution in [0.15, 0.2) is 96.2 Å². The van der Waals surface area contributed by atoms with Crippen LogP contribution in [0.5, 0.6) is 0 Å². The first-order valence-electron chi connectivity index (χ1n) is 6.33. The average molecular weight is 258 g/mol. The molecule has 0 spiro atoms. The molecule has 96 valence electrons. The zero-order valence-electron chi connectivity index (χ0n) is 11.0. The van der Waals surface area contributed by atoms with Gasteiger partial charge in [0, 0.05) is 0 Å². The number of hydrogen-bond acceptors (Lipinski definition) is 0. The van der Waals surface area contributed by atoms with Gasteiger partial charge in [-0.1, -0.05) is 60.8 Å². The second-order valence-corrected chi connectivity index (χ2v) is 4.29. The Morgan fingerprint density at radius 3 is 1.20 bits per heavy atom. The zero-order chi connectivity index (χ0) is 14.2. The summed E-state index contributed by atoms with van der Waals surface area (Å²) in [5, 5.41) is 18.3. The highest BCUT2D eigenvalue weighted by atomic mass is 14.4. The minimum atomic E-state index is 0.273. The van der Waals surface area contributed by atoms with Crippen molar-refractivity contribution in [1.29, 1.82) is 0 Å². The minimum absolute atomic E-state index is 0.273. The smallest absolute Gasteiger partial charge is 0.0857 e. The molecule has 0 aromatic carbocycles. The van der Waals surface area contributed by atoms with Gasteiger partial charge in [-0.05, 0) is 35.5 Å². The van der Waals surface area contributed by atoms with Crippen molar-refractivity contribution in [3.63, 3.8) is 0 Å². The molecule has 2 aliphatic rings. The van der Waals surface area contributed by atoms with Crippen molar-refractivity contribution in [2.75, 3.05) is 0 Å². The Hall–Kier alpha value is -2.74. The highest BCUT2D eigenvalue weighted by Gasteiger charge is 1.94. The highest BCUT2D eigenvalue weighted by molar-refractivity contribution is 6.04. The molecule has 0 saturated heterocycles. The van der Waals surface area contributed by atoms with E-state index in [0.29, 0.717) is 0 Å². The Balaban J connectivity index is 1.86. The summed E-state index contributed by atoms with van der Waals surface area (Å²) in [6, 6.07) is 0. The van der Waals surface area contributed by atoms with E-state index in [1.54, 1.807) is 24.3 Å². The van der Waals surface area contributed by atoms with Gasteiger partial charge >= 0.3 is 0 Å². The van der Waals surface area contributed by atoms with Crippen LogP contribution in [0.2, 0.25) is 0 Å². The summed E-state index contributed by atoms with van der Waals surface area (Å²) in [6.07, 6.45) is 25.7. The fourth-order valence-electron chi connectivity index (χ4n) is 1.63. The Bertz CT molecular complexity index is 551. The molecule has 0 fully saturated rings. The molecule has 0 N–H and O–H groups in total. The molecular formula is C18H14N2. The summed E-state index contributed by atoms with van der Waals surface area (Å²) in [4.78, 5) is 0. The molecule has 0 unspecified atom stereocenters. The molecule has 2 aliphatic carbocycles. The summed E-state index contributed by atoms with van der Waals surface area (Å²) in [7, 11) is 0. The van der Waals surface area contributed by atoms with Gasteiger partial charge in [-0.15, -0.1) is 0 Å². The van der Waals surface area contributed by atoms with E-state index >= 15 is 0 Å². The van der Waals surface area contributed by atoms with Crippen LogP contribution in [0.25, 0.3) is 0 Å². The first-order chi connectivity index (χ1) is 9.74. The topological polar surface area (TPSA) is 44.6 Å². The van der Waals surface area contributed by atoms with Gasteiger partial charge in [0.15, 0.2) is 0 Å². The second kappa shape index (κ2) is 7.00. The quantitative estimate of drug-likeness (QED) is 0.699. The van der Waals surface area contributed by atoms with Gasteiger partial charge in [-0.25, -0.2) is 0 Å².